The fourth-order valence-corrected chi connectivity index (χ4v) is 2.55. The number of carbonyl (C=O) groups is 1. The van der Waals surface area contributed by atoms with Crippen molar-refractivity contribution in [1.82, 2.24) is 25.6 Å². The number of rotatable bonds is 9. The van der Waals surface area contributed by atoms with E-state index < -0.39 is 5.54 Å². The molecule has 2 heterocycles. The molecule has 30 heavy (non-hydrogen) atoms. The van der Waals surface area contributed by atoms with Crippen LogP contribution in [0.4, 0.5) is 10.3 Å². The van der Waals surface area contributed by atoms with Crippen molar-refractivity contribution in [2.75, 3.05) is 25.5 Å². The zero-order chi connectivity index (χ0) is 22.1. The predicted octanol–water partition coefficient (Wildman–Crippen LogP) is 2.41. The highest BCUT2D eigenvalue weighted by Crippen LogP contribution is 2.24. The van der Waals surface area contributed by atoms with Gasteiger partial charge >= 0.3 is 0 Å². The van der Waals surface area contributed by atoms with Crippen LogP contribution in [0.25, 0.3) is 0 Å². The molecule has 1 amide bonds. The second-order valence-electron chi connectivity index (χ2n) is 7.38. The number of pyridine rings is 1. The Morgan fingerprint density at radius 2 is 1.90 bits per heavy atom. The van der Waals surface area contributed by atoms with Crippen LogP contribution in [0.15, 0.2) is 47.5 Å². The van der Waals surface area contributed by atoms with E-state index in [0.29, 0.717) is 12.5 Å². The van der Waals surface area contributed by atoms with Crippen LogP contribution in [0.3, 0.4) is 0 Å². The van der Waals surface area contributed by atoms with Crippen molar-refractivity contribution in [3.8, 4) is 0 Å². The molecular weight excluding hydrogens is 385 g/mol. The molecule has 9 heteroatoms. The number of hydrogen-bond donors (Lipinski definition) is 3. The van der Waals surface area contributed by atoms with Gasteiger partial charge in [-0.05, 0) is 52.4 Å². The molecule has 0 aliphatic carbocycles. The van der Waals surface area contributed by atoms with Crippen molar-refractivity contribution in [3.63, 3.8) is 0 Å². The molecule has 0 saturated carbocycles. The largest absolute Gasteiger partial charge is 0.351 e. The topological polar surface area (TPSA) is 104 Å². The standard InChI is InChI=1S/C21H28FN7O/c1-14(10-26-18(30)13-23-5)9-25-15(2)16-11-27-20(28-12-16)29-21(3,4)19-17(22)7-6-8-24-19/h6-9,11-12,23H,10,13H2,1-5H3,(H,26,30)(H,27,28,29)/b14-9+,25-15+. The van der Waals surface area contributed by atoms with Gasteiger partial charge in [-0.25, -0.2) is 14.4 Å². The fraction of sp³-hybridized carbons (Fsp3) is 0.381. The van der Waals surface area contributed by atoms with Crippen LogP contribution in [0.2, 0.25) is 0 Å². The maximum atomic E-state index is 14.1. The molecule has 0 aromatic carbocycles. The lowest BCUT2D eigenvalue weighted by Crippen LogP contribution is -2.33. The zero-order valence-corrected chi connectivity index (χ0v) is 18.0. The Morgan fingerprint density at radius 1 is 1.20 bits per heavy atom. The minimum atomic E-state index is -0.784. The summed E-state index contributed by atoms with van der Waals surface area (Å²) in [5.74, 6) is -0.101. The summed E-state index contributed by atoms with van der Waals surface area (Å²) in [6.45, 7) is 8.06. The summed E-state index contributed by atoms with van der Waals surface area (Å²) in [7, 11) is 1.72. The first-order valence-electron chi connectivity index (χ1n) is 9.56. The van der Waals surface area contributed by atoms with Gasteiger partial charge in [-0.3, -0.25) is 14.8 Å². The number of aliphatic imine (C=N–C) groups is 1. The van der Waals surface area contributed by atoms with Crippen molar-refractivity contribution < 1.29 is 9.18 Å². The maximum absolute atomic E-state index is 14.1. The van der Waals surface area contributed by atoms with Gasteiger partial charge in [0, 0.05) is 42.6 Å². The number of amides is 1. The van der Waals surface area contributed by atoms with Crippen LogP contribution in [0.1, 0.15) is 39.0 Å². The summed E-state index contributed by atoms with van der Waals surface area (Å²) in [6, 6.07) is 2.92. The van der Waals surface area contributed by atoms with Crippen LogP contribution in [-0.2, 0) is 10.3 Å². The molecule has 0 spiro atoms. The van der Waals surface area contributed by atoms with Crippen LogP contribution < -0.4 is 16.0 Å². The van der Waals surface area contributed by atoms with E-state index in [0.717, 1.165) is 16.8 Å². The number of halogens is 1. The van der Waals surface area contributed by atoms with Gasteiger partial charge in [0.15, 0.2) is 0 Å². The Bertz CT molecular complexity index is 923. The predicted molar refractivity (Wildman–Crippen MR) is 116 cm³/mol. The van der Waals surface area contributed by atoms with Gasteiger partial charge in [0.05, 0.1) is 12.1 Å². The Kier molecular flexibility index (Phi) is 8.11. The van der Waals surface area contributed by atoms with Gasteiger partial charge in [0.25, 0.3) is 0 Å². The lowest BCUT2D eigenvalue weighted by molar-refractivity contribution is -0.119. The minimum absolute atomic E-state index is 0.0732. The second kappa shape index (κ2) is 10.5. The normalized spacial score (nSPS) is 12.6. The van der Waals surface area contributed by atoms with Gasteiger partial charge in [0.1, 0.15) is 11.5 Å². The van der Waals surface area contributed by atoms with Crippen molar-refractivity contribution in [3.05, 3.63) is 59.6 Å². The molecule has 160 valence electrons. The van der Waals surface area contributed by atoms with Crippen LogP contribution in [0, 0.1) is 5.82 Å². The molecule has 3 N–H and O–H groups in total. The number of nitrogens with one attached hydrogen (secondary N) is 3. The Labute approximate surface area is 176 Å². The third-order valence-corrected chi connectivity index (χ3v) is 4.22. The van der Waals surface area contributed by atoms with Gasteiger partial charge < -0.3 is 16.0 Å². The number of hydrogen-bond acceptors (Lipinski definition) is 7. The van der Waals surface area contributed by atoms with E-state index in [2.05, 4.69) is 35.9 Å². The molecule has 0 atom stereocenters. The summed E-state index contributed by atoms with van der Waals surface area (Å²) in [5.41, 5.74) is 1.91. The van der Waals surface area contributed by atoms with Gasteiger partial charge in [-0.15, -0.1) is 0 Å². The first-order chi connectivity index (χ1) is 14.2. The van der Waals surface area contributed by atoms with Crippen molar-refractivity contribution in [2.45, 2.75) is 33.2 Å². The number of nitrogens with zero attached hydrogens (tertiary/aromatic N) is 4. The molecule has 0 radical (unpaired) electrons. The lowest BCUT2D eigenvalue weighted by Gasteiger charge is -2.25. The first kappa shape index (κ1) is 23.1. The molecule has 8 nitrogen and oxygen atoms in total. The second-order valence-corrected chi connectivity index (χ2v) is 7.38. The average Bonchev–Trinajstić information content (AvgIpc) is 2.71. The van der Waals surface area contributed by atoms with Crippen LogP contribution in [-0.4, -0.2) is 46.7 Å². The highest BCUT2D eigenvalue weighted by Gasteiger charge is 2.26. The monoisotopic (exact) mass is 413 g/mol. The molecule has 0 unspecified atom stereocenters. The fourth-order valence-electron chi connectivity index (χ4n) is 2.55. The molecule has 2 aromatic heterocycles. The molecular formula is C21H28FN7O. The summed E-state index contributed by atoms with van der Waals surface area (Å²) >= 11 is 0. The van der Waals surface area contributed by atoms with E-state index in [-0.39, 0.29) is 24.0 Å². The summed E-state index contributed by atoms with van der Waals surface area (Å²) in [4.78, 5) is 28.6. The summed E-state index contributed by atoms with van der Waals surface area (Å²) in [6.07, 6.45) is 6.55. The average molecular weight is 414 g/mol. The van der Waals surface area contributed by atoms with Crippen molar-refractivity contribution in [1.29, 1.82) is 0 Å². The molecule has 0 saturated heterocycles. The molecule has 2 aromatic rings. The van der Waals surface area contributed by atoms with Gasteiger partial charge in [-0.1, -0.05) is 0 Å². The highest BCUT2D eigenvalue weighted by atomic mass is 19.1. The third-order valence-electron chi connectivity index (χ3n) is 4.22. The van der Waals surface area contributed by atoms with Crippen molar-refractivity contribution >= 4 is 17.6 Å². The van der Waals surface area contributed by atoms with Gasteiger partial charge in [-0.2, -0.15) is 0 Å². The third kappa shape index (κ3) is 6.70. The molecule has 2 rings (SSSR count). The summed E-state index contributed by atoms with van der Waals surface area (Å²) in [5, 5.41) is 8.69. The van der Waals surface area contributed by atoms with E-state index >= 15 is 0 Å². The number of likely N-dealkylation sites (N-methyl/N-ethyl adjacent to an activating group) is 1. The lowest BCUT2D eigenvalue weighted by atomic mass is 9.99. The SMILES string of the molecule is CNCC(=O)NC/C(C)=C/N=C(\C)c1cnc(NC(C)(C)c2ncccc2F)nc1. The van der Waals surface area contributed by atoms with Gasteiger partial charge in [0.2, 0.25) is 11.9 Å². The van der Waals surface area contributed by atoms with E-state index in [1.165, 1.54) is 6.07 Å². The van der Waals surface area contributed by atoms with Crippen LogP contribution in [0.5, 0.6) is 0 Å². The van der Waals surface area contributed by atoms with Crippen LogP contribution >= 0.6 is 0 Å². The highest BCUT2D eigenvalue weighted by molar-refractivity contribution is 5.98. The van der Waals surface area contributed by atoms with E-state index in [9.17, 15) is 9.18 Å². The van der Waals surface area contributed by atoms with E-state index in [4.69, 9.17) is 0 Å². The molecule has 0 bridgehead atoms. The summed E-state index contributed by atoms with van der Waals surface area (Å²) < 4.78 is 14.1. The molecule has 0 aliphatic heterocycles. The van der Waals surface area contributed by atoms with E-state index in [1.807, 2.05) is 27.7 Å². The Balaban J connectivity index is 2.02. The number of carbonyl (C=O) groups excluding carboxylic acids is 1. The minimum Gasteiger partial charge on any atom is -0.351 e. The Hall–Kier alpha value is -3.20. The zero-order valence-electron chi connectivity index (χ0n) is 18.0. The Morgan fingerprint density at radius 3 is 2.53 bits per heavy atom. The molecule has 0 aliphatic rings. The quantitative estimate of drug-likeness (QED) is 0.546. The van der Waals surface area contributed by atoms with E-state index in [1.54, 1.807) is 37.9 Å². The smallest absolute Gasteiger partial charge is 0.234 e. The van der Waals surface area contributed by atoms with Crippen molar-refractivity contribution in [2.24, 2.45) is 4.99 Å². The number of anilines is 1. The maximum Gasteiger partial charge on any atom is 0.234 e. The number of aromatic nitrogens is 3. The molecule has 0 fully saturated rings. The first-order valence-corrected chi connectivity index (χ1v) is 9.56.